The molecular weight excluding hydrogens is 298 g/mol. The summed E-state index contributed by atoms with van der Waals surface area (Å²) in [6.45, 7) is 10.2. The monoisotopic (exact) mass is 325 g/mol. The number of nitrogens with zero attached hydrogens (tertiary/aromatic N) is 2. The van der Waals surface area contributed by atoms with Gasteiger partial charge in [0, 0.05) is 30.6 Å². The van der Waals surface area contributed by atoms with Crippen LogP contribution in [0.15, 0.2) is 5.51 Å². The highest BCUT2D eigenvalue weighted by molar-refractivity contribution is 7.09. The Hall–Kier alpha value is -1.14. The number of likely N-dealkylation sites (tertiary alicyclic amines) is 1. The Morgan fingerprint density at radius 3 is 2.86 bits per heavy atom. The van der Waals surface area contributed by atoms with E-state index in [4.69, 9.17) is 4.74 Å². The van der Waals surface area contributed by atoms with Crippen LogP contribution in [0.25, 0.3) is 0 Å². The van der Waals surface area contributed by atoms with Gasteiger partial charge < -0.3 is 15.0 Å². The van der Waals surface area contributed by atoms with Gasteiger partial charge in [-0.15, -0.1) is 11.3 Å². The van der Waals surface area contributed by atoms with Crippen LogP contribution in [-0.4, -0.2) is 40.7 Å². The predicted molar refractivity (Wildman–Crippen MR) is 89.1 cm³/mol. The van der Waals surface area contributed by atoms with Crippen molar-refractivity contribution in [3.05, 3.63) is 16.1 Å². The van der Waals surface area contributed by atoms with E-state index in [1.54, 1.807) is 11.3 Å². The molecule has 0 spiro atoms. The third kappa shape index (κ3) is 5.25. The van der Waals surface area contributed by atoms with Gasteiger partial charge in [-0.2, -0.15) is 0 Å². The summed E-state index contributed by atoms with van der Waals surface area (Å²) >= 11 is 1.70. The summed E-state index contributed by atoms with van der Waals surface area (Å²) in [6, 6.07) is 0.453. The van der Waals surface area contributed by atoms with Crippen molar-refractivity contribution >= 4 is 17.4 Å². The minimum absolute atomic E-state index is 0.188. The summed E-state index contributed by atoms with van der Waals surface area (Å²) in [6.07, 6.45) is 2.89. The first-order valence-electron chi connectivity index (χ1n) is 7.95. The molecule has 1 saturated heterocycles. The smallest absolute Gasteiger partial charge is 0.410 e. The number of rotatable bonds is 3. The molecule has 2 rings (SSSR count). The molecule has 0 radical (unpaired) electrons. The van der Waals surface area contributed by atoms with Crippen LogP contribution in [0.4, 0.5) is 4.79 Å². The van der Waals surface area contributed by atoms with Gasteiger partial charge in [0.15, 0.2) is 0 Å². The third-order valence-electron chi connectivity index (χ3n) is 3.78. The third-order valence-corrected chi connectivity index (χ3v) is 4.71. The zero-order chi connectivity index (χ0) is 16.2. The molecule has 22 heavy (non-hydrogen) atoms. The van der Waals surface area contributed by atoms with Gasteiger partial charge in [-0.1, -0.05) is 0 Å². The molecule has 0 saturated carbocycles. The van der Waals surface area contributed by atoms with Crippen molar-refractivity contribution in [2.24, 2.45) is 0 Å². The molecule has 1 unspecified atom stereocenters. The molecule has 1 amide bonds. The normalized spacial score (nSPS) is 19.8. The molecule has 1 atom stereocenters. The first-order valence-corrected chi connectivity index (χ1v) is 8.83. The summed E-state index contributed by atoms with van der Waals surface area (Å²) in [4.78, 5) is 19.6. The molecule has 0 aliphatic carbocycles. The molecule has 1 aliphatic rings. The number of aryl methyl sites for hydroxylation is 1. The Kier molecular flexibility index (Phi) is 5.81. The van der Waals surface area contributed by atoms with Gasteiger partial charge in [0.25, 0.3) is 0 Å². The number of ether oxygens (including phenoxy) is 1. The van der Waals surface area contributed by atoms with Gasteiger partial charge in [0.2, 0.25) is 0 Å². The standard InChI is InChI=1S/C16H27N3O2S/c1-12-14(22-11-18-12)10-17-13-6-5-8-19(9-7-13)15(20)21-16(2,3)4/h11,13,17H,5-10H2,1-4H3. The number of hydrogen-bond donors (Lipinski definition) is 1. The first-order chi connectivity index (χ1) is 10.3. The second-order valence-electron chi connectivity index (χ2n) is 6.84. The van der Waals surface area contributed by atoms with E-state index in [9.17, 15) is 4.79 Å². The second-order valence-corrected chi connectivity index (χ2v) is 7.78. The fourth-order valence-corrected chi connectivity index (χ4v) is 3.27. The number of carbonyl (C=O) groups is 1. The lowest BCUT2D eigenvalue weighted by atomic mass is 10.1. The molecule has 1 fully saturated rings. The van der Waals surface area contributed by atoms with Crippen molar-refractivity contribution in [1.82, 2.24) is 15.2 Å². The van der Waals surface area contributed by atoms with E-state index in [-0.39, 0.29) is 6.09 Å². The largest absolute Gasteiger partial charge is 0.444 e. The Bertz CT molecular complexity index is 496. The first kappa shape index (κ1) is 17.2. The van der Waals surface area contributed by atoms with E-state index in [2.05, 4.69) is 10.3 Å². The van der Waals surface area contributed by atoms with Crippen LogP contribution in [0.5, 0.6) is 0 Å². The van der Waals surface area contributed by atoms with E-state index >= 15 is 0 Å². The van der Waals surface area contributed by atoms with E-state index in [1.807, 2.05) is 38.1 Å². The van der Waals surface area contributed by atoms with Crippen LogP contribution in [0, 0.1) is 6.92 Å². The maximum absolute atomic E-state index is 12.1. The Labute approximate surface area is 137 Å². The lowest BCUT2D eigenvalue weighted by Gasteiger charge is -2.26. The van der Waals surface area contributed by atoms with E-state index in [0.717, 1.165) is 44.6 Å². The van der Waals surface area contributed by atoms with Crippen LogP contribution in [0.2, 0.25) is 0 Å². The molecule has 124 valence electrons. The second kappa shape index (κ2) is 7.42. The molecule has 2 heterocycles. The number of aromatic nitrogens is 1. The minimum Gasteiger partial charge on any atom is -0.444 e. The average Bonchev–Trinajstić information content (AvgIpc) is 2.69. The van der Waals surface area contributed by atoms with Crippen molar-refractivity contribution in [3.63, 3.8) is 0 Å². The van der Waals surface area contributed by atoms with Crippen molar-refractivity contribution in [1.29, 1.82) is 0 Å². The summed E-state index contributed by atoms with van der Waals surface area (Å²) in [5.41, 5.74) is 2.58. The Balaban J connectivity index is 1.80. The molecule has 1 aromatic heterocycles. The Morgan fingerprint density at radius 1 is 1.45 bits per heavy atom. The quantitative estimate of drug-likeness (QED) is 0.926. The number of nitrogens with one attached hydrogen (secondary N) is 1. The topological polar surface area (TPSA) is 54.5 Å². The van der Waals surface area contributed by atoms with Crippen LogP contribution >= 0.6 is 11.3 Å². The van der Waals surface area contributed by atoms with Gasteiger partial charge in [0.05, 0.1) is 11.2 Å². The molecule has 0 aromatic carbocycles. The summed E-state index contributed by atoms with van der Waals surface area (Å²) in [5, 5.41) is 3.60. The highest BCUT2D eigenvalue weighted by Gasteiger charge is 2.25. The minimum atomic E-state index is -0.426. The molecule has 1 aliphatic heterocycles. The van der Waals surface area contributed by atoms with Gasteiger partial charge in [-0.25, -0.2) is 9.78 Å². The van der Waals surface area contributed by atoms with Crippen LogP contribution in [0.3, 0.4) is 0 Å². The predicted octanol–water partition coefficient (Wildman–Crippen LogP) is 3.33. The zero-order valence-electron chi connectivity index (χ0n) is 14.0. The van der Waals surface area contributed by atoms with E-state index < -0.39 is 5.60 Å². The van der Waals surface area contributed by atoms with Crippen LogP contribution < -0.4 is 5.32 Å². The summed E-state index contributed by atoms with van der Waals surface area (Å²) < 4.78 is 5.46. The maximum atomic E-state index is 12.1. The Morgan fingerprint density at radius 2 is 2.23 bits per heavy atom. The molecule has 6 heteroatoms. The number of carbonyl (C=O) groups excluding carboxylic acids is 1. The van der Waals surface area contributed by atoms with E-state index in [1.165, 1.54) is 4.88 Å². The van der Waals surface area contributed by atoms with Crippen LogP contribution in [-0.2, 0) is 11.3 Å². The molecule has 1 N–H and O–H groups in total. The van der Waals surface area contributed by atoms with E-state index in [0.29, 0.717) is 6.04 Å². The van der Waals surface area contributed by atoms with Gasteiger partial charge in [0.1, 0.15) is 5.60 Å². The summed E-state index contributed by atoms with van der Waals surface area (Å²) in [7, 11) is 0. The van der Waals surface area contributed by atoms with Crippen molar-refractivity contribution < 1.29 is 9.53 Å². The number of hydrogen-bond acceptors (Lipinski definition) is 5. The highest BCUT2D eigenvalue weighted by atomic mass is 32.1. The zero-order valence-corrected chi connectivity index (χ0v) is 14.8. The fraction of sp³-hybridized carbons (Fsp3) is 0.750. The fourth-order valence-electron chi connectivity index (χ4n) is 2.54. The SMILES string of the molecule is Cc1ncsc1CNC1CCCN(C(=O)OC(C)(C)C)CC1. The molecular formula is C16H27N3O2S. The van der Waals surface area contributed by atoms with Crippen molar-refractivity contribution in [3.8, 4) is 0 Å². The van der Waals surface area contributed by atoms with Crippen molar-refractivity contribution in [2.45, 2.75) is 65.1 Å². The van der Waals surface area contributed by atoms with Crippen LogP contribution in [0.1, 0.15) is 50.6 Å². The lowest BCUT2D eigenvalue weighted by molar-refractivity contribution is 0.0256. The lowest BCUT2D eigenvalue weighted by Crippen LogP contribution is -2.38. The summed E-state index contributed by atoms with van der Waals surface area (Å²) in [5.74, 6) is 0. The van der Waals surface area contributed by atoms with Gasteiger partial charge in [-0.3, -0.25) is 0 Å². The van der Waals surface area contributed by atoms with Crippen molar-refractivity contribution in [2.75, 3.05) is 13.1 Å². The average molecular weight is 325 g/mol. The molecule has 0 bridgehead atoms. The van der Waals surface area contributed by atoms with Gasteiger partial charge in [-0.05, 0) is 47.0 Å². The number of amides is 1. The number of thiazole rings is 1. The highest BCUT2D eigenvalue weighted by Crippen LogP contribution is 2.17. The van der Waals surface area contributed by atoms with Gasteiger partial charge >= 0.3 is 6.09 Å². The maximum Gasteiger partial charge on any atom is 0.410 e. The molecule has 5 nitrogen and oxygen atoms in total. The molecule has 1 aromatic rings.